The van der Waals surface area contributed by atoms with Gasteiger partial charge in [-0.25, -0.2) is 0 Å². The molecule has 3 rings (SSSR count). The minimum atomic E-state index is -0.741. The summed E-state index contributed by atoms with van der Waals surface area (Å²) >= 11 is 0. The van der Waals surface area contributed by atoms with Gasteiger partial charge in [0.1, 0.15) is 5.41 Å². The molecule has 0 bridgehead atoms. The van der Waals surface area contributed by atoms with Crippen molar-refractivity contribution in [2.45, 2.75) is 64.4 Å². The fourth-order valence-electron chi connectivity index (χ4n) is 3.90. The lowest BCUT2D eigenvalue weighted by Gasteiger charge is -2.42. The normalized spacial score (nSPS) is 28.8. The molecule has 3 unspecified atom stereocenters. The second-order valence-electron chi connectivity index (χ2n) is 7.17. The lowest BCUT2D eigenvalue weighted by Crippen LogP contribution is -2.51. The maximum absolute atomic E-state index is 12.9. The smallest absolute Gasteiger partial charge is 0.317 e. The van der Waals surface area contributed by atoms with E-state index < -0.39 is 5.41 Å². The Morgan fingerprint density at radius 3 is 2.77 bits per heavy atom. The van der Waals surface area contributed by atoms with Gasteiger partial charge in [0.05, 0.1) is 25.9 Å². The van der Waals surface area contributed by atoms with E-state index in [1.165, 1.54) is 0 Å². The van der Waals surface area contributed by atoms with Crippen molar-refractivity contribution in [3.05, 3.63) is 35.9 Å². The zero-order valence-electron chi connectivity index (χ0n) is 15.7. The molecule has 1 saturated heterocycles. The molecule has 0 N–H and O–H groups in total. The quantitative estimate of drug-likeness (QED) is 0.658. The van der Waals surface area contributed by atoms with Crippen LogP contribution in [-0.4, -0.2) is 38.2 Å². The summed E-state index contributed by atoms with van der Waals surface area (Å²) in [5, 5.41) is 0. The molecule has 1 saturated carbocycles. The van der Waals surface area contributed by atoms with Crippen LogP contribution in [0.15, 0.2) is 30.3 Å². The Balaban J connectivity index is 1.70. The van der Waals surface area contributed by atoms with Crippen molar-refractivity contribution in [3.8, 4) is 0 Å². The fourth-order valence-corrected chi connectivity index (χ4v) is 3.90. The highest BCUT2D eigenvalue weighted by atomic mass is 16.7. The number of rotatable bonds is 8. The van der Waals surface area contributed by atoms with Crippen molar-refractivity contribution in [1.29, 1.82) is 0 Å². The van der Waals surface area contributed by atoms with Gasteiger partial charge in [-0.1, -0.05) is 43.2 Å². The Kier molecular flexibility index (Phi) is 7.06. The average Bonchev–Trinajstić information content (AvgIpc) is 3.17. The van der Waals surface area contributed by atoms with E-state index >= 15 is 0 Å². The molecule has 3 atom stereocenters. The zero-order chi connectivity index (χ0) is 18.2. The minimum Gasteiger partial charge on any atom is -0.465 e. The van der Waals surface area contributed by atoms with E-state index in [1.807, 2.05) is 37.3 Å². The summed E-state index contributed by atoms with van der Waals surface area (Å²) in [5.41, 5.74) is 0.355. The van der Waals surface area contributed by atoms with E-state index in [4.69, 9.17) is 18.9 Å². The number of carbonyl (C=O) groups is 1. The molecule has 0 spiro atoms. The molecule has 5 nitrogen and oxygen atoms in total. The van der Waals surface area contributed by atoms with Gasteiger partial charge in [-0.3, -0.25) is 4.79 Å². The standard InChI is InChI=1S/C21H30O5/c1-2-24-20(22)21(16-23-15-17-9-4-3-5-10-17)13-7-6-11-18(21)26-19-12-8-14-25-19/h3-5,9-10,18-19H,2,6-8,11-16H2,1H3. The van der Waals surface area contributed by atoms with Crippen molar-refractivity contribution in [2.75, 3.05) is 19.8 Å². The molecule has 144 valence electrons. The summed E-state index contributed by atoms with van der Waals surface area (Å²) in [5.74, 6) is -0.198. The summed E-state index contributed by atoms with van der Waals surface area (Å²) in [4.78, 5) is 12.9. The highest BCUT2D eigenvalue weighted by molar-refractivity contribution is 5.78. The van der Waals surface area contributed by atoms with Crippen LogP contribution in [0.1, 0.15) is 51.0 Å². The van der Waals surface area contributed by atoms with E-state index in [1.54, 1.807) is 0 Å². The topological polar surface area (TPSA) is 54.0 Å². The van der Waals surface area contributed by atoms with Crippen LogP contribution in [-0.2, 0) is 30.3 Å². The summed E-state index contributed by atoms with van der Waals surface area (Å²) in [7, 11) is 0. The summed E-state index contributed by atoms with van der Waals surface area (Å²) in [6.45, 7) is 3.74. The summed E-state index contributed by atoms with van der Waals surface area (Å²) in [6, 6.07) is 10.0. The largest absolute Gasteiger partial charge is 0.465 e. The first-order chi connectivity index (χ1) is 12.7. The van der Waals surface area contributed by atoms with E-state index in [2.05, 4.69) is 0 Å². The highest BCUT2D eigenvalue weighted by Crippen LogP contribution is 2.41. The number of benzene rings is 1. The Morgan fingerprint density at radius 1 is 1.19 bits per heavy atom. The third-order valence-corrected chi connectivity index (χ3v) is 5.31. The third kappa shape index (κ3) is 4.64. The highest BCUT2D eigenvalue weighted by Gasteiger charge is 2.50. The molecule has 1 aliphatic carbocycles. The van der Waals surface area contributed by atoms with Gasteiger partial charge >= 0.3 is 5.97 Å². The van der Waals surface area contributed by atoms with Gasteiger partial charge in [0, 0.05) is 13.0 Å². The predicted molar refractivity (Wildman–Crippen MR) is 97.5 cm³/mol. The molecular weight excluding hydrogens is 332 g/mol. The summed E-state index contributed by atoms with van der Waals surface area (Å²) < 4.78 is 23.3. The third-order valence-electron chi connectivity index (χ3n) is 5.31. The van der Waals surface area contributed by atoms with Crippen molar-refractivity contribution < 1.29 is 23.7 Å². The molecule has 1 aromatic rings. The summed E-state index contributed by atoms with van der Waals surface area (Å²) in [6.07, 6.45) is 5.09. The van der Waals surface area contributed by atoms with Crippen LogP contribution in [0, 0.1) is 5.41 Å². The van der Waals surface area contributed by atoms with Gasteiger partial charge in [-0.15, -0.1) is 0 Å². The van der Waals surface area contributed by atoms with Crippen LogP contribution in [0.4, 0.5) is 0 Å². The average molecular weight is 362 g/mol. The van der Waals surface area contributed by atoms with Crippen LogP contribution in [0.25, 0.3) is 0 Å². The van der Waals surface area contributed by atoms with Gasteiger partial charge in [0.15, 0.2) is 6.29 Å². The van der Waals surface area contributed by atoms with E-state index in [-0.39, 0.29) is 18.4 Å². The molecule has 1 heterocycles. The van der Waals surface area contributed by atoms with Gasteiger partial charge in [-0.2, -0.15) is 0 Å². The Labute approximate surface area is 156 Å². The number of hydrogen-bond acceptors (Lipinski definition) is 5. The van der Waals surface area contributed by atoms with Crippen LogP contribution in [0.5, 0.6) is 0 Å². The molecule has 0 radical (unpaired) electrons. The molecule has 2 aliphatic rings. The maximum Gasteiger partial charge on any atom is 0.317 e. The molecule has 5 heteroatoms. The van der Waals surface area contributed by atoms with Crippen molar-refractivity contribution in [3.63, 3.8) is 0 Å². The van der Waals surface area contributed by atoms with Crippen LogP contribution in [0.2, 0.25) is 0 Å². The Morgan fingerprint density at radius 2 is 2.04 bits per heavy atom. The predicted octanol–water partition coefficient (Wildman–Crippen LogP) is 3.85. The number of carbonyl (C=O) groups excluding carboxylic acids is 1. The van der Waals surface area contributed by atoms with E-state index in [9.17, 15) is 4.79 Å². The second kappa shape index (κ2) is 9.49. The second-order valence-corrected chi connectivity index (χ2v) is 7.17. The monoisotopic (exact) mass is 362 g/mol. The number of ether oxygens (including phenoxy) is 4. The lowest BCUT2D eigenvalue weighted by atomic mass is 9.72. The van der Waals surface area contributed by atoms with Crippen LogP contribution < -0.4 is 0 Å². The van der Waals surface area contributed by atoms with Gasteiger partial charge < -0.3 is 18.9 Å². The first-order valence-corrected chi connectivity index (χ1v) is 9.80. The fraction of sp³-hybridized carbons (Fsp3) is 0.667. The number of hydrogen-bond donors (Lipinski definition) is 0. The van der Waals surface area contributed by atoms with Gasteiger partial charge in [0.2, 0.25) is 0 Å². The molecule has 1 aromatic carbocycles. The molecule has 0 aromatic heterocycles. The molecule has 0 amide bonds. The maximum atomic E-state index is 12.9. The molecule has 1 aliphatic heterocycles. The van der Waals surface area contributed by atoms with Crippen LogP contribution in [0.3, 0.4) is 0 Å². The van der Waals surface area contributed by atoms with E-state index in [0.29, 0.717) is 19.8 Å². The van der Waals surface area contributed by atoms with Gasteiger partial charge in [-0.05, 0) is 31.7 Å². The van der Waals surface area contributed by atoms with Crippen molar-refractivity contribution in [1.82, 2.24) is 0 Å². The Bertz CT molecular complexity index is 555. The first-order valence-electron chi connectivity index (χ1n) is 9.80. The lowest BCUT2D eigenvalue weighted by molar-refractivity contribution is -0.212. The molecular formula is C21H30O5. The molecule has 26 heavy (non-hydrogen) atoms. The zero-order valence-corrected chi connectivity index (χ0v) is 15.7. The van der Waals surface area contributed by atoms with Crippen LogP contribution >= 0.6 is 0 Å². The first kappa shape index (κ1) is 19.3. The van der Waals surface area contributed by atoms with E-state index in [0.717, 1.165) is 50.7 Å². The van der Waals surface area contributed by atoms with Crippen molar-refractivity contribution >= 4 is 5.97 Å². The number of esters is 1. The SMILES string of the molecule is CCOC(=O)C1(COCc2ccccc2)CCCCC1OC1CCCO1. The molecule has 2 fully saturated rings. The van der Waals surface area contributed by atoms with Gasteiger partial charge in [0.25, 0.3) is 0 Å². The van der Waals surface area contributed by atoms with Crippen molar-refractivity contribution in [2.24, 2.45) is 5.41 Å². The Hall–Kier alpha value is -1.43. The minimum absolute atomic E-state index is 0.198.